The summed E-state index contributed by atoms with van der Waals surface area (Å²) in [5, 5.41) is 2.84. The topological polar surface area (TPSA) is 86.8 Å². The van der Waals surface area contributed by atoms with Gasteiger partial charge in [0.05, 0.1) is 4.90 Å². The van der Waals surface area contributed by atoms with Crippen molar-refractivity contribution in [3.8, 4) is 0 Å². The van der Waals surface area contributed by atoms with Gasteiger partial charge >= 0.3 is 0 Å². The molecule has 4 rings (SSSR count). The van der Waals surface area contributed by atoms with E-state index in [4.69, 9.17) is 0 Å². The fraction of sp³-hybridized carbons (Fsp3) is 0.391. The van der Waals surface area contributed by atoms with Gasteiger partial charge in [0.2, 0.25) is 21.8 Å². The number of sulfonamides is 1. The second-order valence-electron chi connectivity index (χ2n) is 8.36. The Morgan fingerprint density at radius 1 is 1.10 bits per heavy atom. The van der Waals surface area contributed by atoms with E-state index in [-0.39, 0.29) is 22.8 Å². The van der Waals surface area contributed by atoms with E-state index >= 15 is 0 Å². The van der Waals surface area contributed by atoms with E-state index in [0.29, 0.717) is 31.5 Å². The van der Waals surface area contributed by atoms with Crippen molar-refractivity contribution in [2.75, 3.05) is 16.8 Å². The Morgan fingerprint density at radius 3 is 2.48 bits per heavy atom. The van der Waals surface area contributed by atoms with Crippen LogP contribution in [0.1, 0.15) is 37.8 Å². The zero-order valence-corrected chi connectivity index (χ0v) is 18.8. The van der Waals surface area contributed by atoms with Crippen LogP contribution in [0.3, 0.4) is 0 Å². The Labute approximate surface area is 183 Å². The molecule has 2 heterocycles. The van der Waals surface area contributed by atoms with Gasteiger partial charge in [0, 0.05) is 30.9 Å². The number of amides is 2. The third-order valence-corrected chi connectivity index (χ3v) is 7.94. The molecule has 0 aromatic heterocycles. The molecular weight excluding hydrogens is 414 g/mol. The van der Waals surface area contributed by atoms with Gasteiger partial charge in [-0.2, -0.15) is 4.31 Å². The second-order valence-corrected chi connectivity index (χ2v) is 10.3. The fourth-order valence-corrected chi connectivity index (χ4v) is 6.24. The normalized spacial score (nSPS) is 21.2. The van der Waals surface area contributed by atoms with Crippen molar-refractivity contribution < 1.29 is 18.0 Å². The van der Waals surface area contributed by atoms with E-state index in [9.17, 15) is 18.0 Å². The van der Waals surface area contributed by atoms with Crippen molar-refractivity contribution in [3.05, 3.63) is 53.6 Å². The molecule has 164 valence electrons. The molecule has 0 bridgehead atoms. The molecule has 2 aliphatic rings. The first-order valence-electron chi connectivity index (χ1n) is 10.5. The first-order chi connectivity index (χ1) is 14.7. The van der Waals surface area contributed by atoms with E-state index in [1.165, 1.54) is 17.3 Å². The van der Waals surface area contributed by atoms with Crippen molar-refractivity contribution in [2.24, 2.45) is 0 Å². The van der Waals surface area contributed by atoms with Crippen LogP contribution in [0.5, 0.6) is 0 Å². The Bertz CT molecular complexity index is 1130. The van der Waals surface area contributed by atoms with Crippen LogP contribution in [0.15, 0.2) is 47.4 Å². The summed E-state index contributed by atoms with van der Waals surface area (Å²) in [6.07, 6.45) is 1.72. The molecule has 1 fully saturated rings. The lowest BCUT2D eigenvalue weighted by Gasteiger charge is -2.24. The van der Waals surface area contributed by atoms with Crippen molar-refractivity contribution in [3.63, 3.8) is 0 Å². The number of nitrogens with one attached hydrogen (secondary N) is 1. The van der Waals surface area contributed by atoms with Gasteiger partial charge in [-0.15, -0.1) is 0 Å². The lowest BCUT2D eigenvalue weighted by Crippen LogP contribution is -2.43. The third kappa shape index (κ3) is 3.97. The molecule has 8 heteroatoms. The smallest absolute Gasteiger partial charge is 0.243 e. The monoisotopic (exact) mass is 441 g/mol. The van der Waals surface area contributed by atoms with Crippen molar-refractivity contribution >= 4 is 33.2 Å². The van der Waals surface area contributed by atoms with Crippen LogP contribution >= 0.6 is 0 Å². The van der Waals surface area contributed by atoms with Gasteiger partial charge < -0.3 is 10.2 Å². The summed E-state index contributed by atoms with van der Waals surface area (Å²) in [6.45, 7) is 5.73. The van der Waals surface area contributed by atoms with Crippen LogP contribution in [0.2, 0.25) is 0 Å². The Kier molecular flexibility index (Phi) is 5.61. The summed E-state index contributed by atoms with van der Waals surface area (Å²) in [7, 11) is -3.84. The lowest BCUT2D eigenvalue weighted by molar-refractivity contribution is -0.119. The van der Waals surface area contributed by atoms with Crippen molar-refractivity contribution in [2.45, 2.75) is 57.0 Å². The summed E-state index contributed by atoms with van der Waals surface area (Å²) in [4.78, 5) is 26.7. The number of anilines is 2. The van der Waals surface area contributed by atoms with E-state index in [2.05, 4.69) is 5.32 Å². The van der Waals surface area contributed by atoms with Gasteiger partial charge in [-0.25, -0.2) is 8.42 Å². The maximum atomic E-state index is 13.4. The highest BCUT2D eigenvalue weighted by Crippen LogP contribution is 2.35. The molecule has 0 radical (unpaired) electrons. The summed E-state index contributed by atoms with van der Waals surface area (Å²) in [5.41, 5.74) is 3.32. The van der Waals surface area contributed by atoms with Gasteiger partial charge in [0.15, 0.2) is 0 Å². The van der Waals surface area contributed by atoms with Gasteiger partial charge in [0.1, 0.15) is 6.04 Å². The molecule has 2 aromatic carbocycles. The quantitative estimate of drug-likeness (QED) is 0.790. The molecule has 2 atom stereocenters. The first-order valence-corrected chi connectivity index (χ1v) is 11.9. The lowest BCUT2D eigenvalue weighted by atomic mass is 10.1. The zero-order valence-electron chi connectivity index (χ0n) is 18.0. The van der Waals surface area contributed by atoms with E-state index in [0.717, 1.165) is 16.8 Å². The maximum absolute atomic E-state index is 13.4. The first kappa shape index (κ1) is 21.5. The van der Waals surface area contributed by atoms with E-state index < -0.39 is 16.1 Å². The summed E-state index contributed by atoms with van der Waals surface area (Å²) < 4.78 is 28.1. The van der Waals surface area contributed by atoms with Gasteiger partial charge in [-0.1, -0.05) is 17.7 Å². The van der Waals surface area contributed by atoms with Crippen LogP contribution in [-0.4, -0.2) is 43.2 Å². The number of aryl methyl sites for hydroxylation is 1. The average Bonchev–Trinajstić information content (AvgIpc) is 3.33. The van der Waals surface area contributed by atoms with Gasteiger partial charge in [0.25, 0.3) is 0 Å². The van der Waals surface area contributed by atoms with E-state index in [1.54, 1.807) is 17.0 Å². The number of fused-ring (bicyclic) bond motifs is 1. The fourth-order valence-electron chi connectivity index (χ4n) is 4.54. The molecule has 31 heavy (non-hydrogen) atoms. The minimum absolute atomic E-state index is 0.00900. The Hall–Kier alpha value is -2.71. The summed E-state index contributed by atoms with van der Waals surface area (Å²) in [5.74, 6) is -0.378. The van der Waals surface area contributed by atoms with Crippen LogP contribution < -0.4 is 10.2 Å². The summed E-state index contributed by atoms with van der Waals surface area (Å²) in [6, 6.07) is 11.5. The average molecular weight is 442 g/mol. The molecule has 0 unspecified atom stereocenters. The van der Waals surface area contributed by atoms with E-state index in [1.807, 2.05) is 38.1 Å². The van der Waals surface area contributed by atoms with Crippen LogP contribution in [0, 0.1) is 6.92 Å². The maximum Gasteiger partial charge on any atom is 0.243 e. The SMILES string of the molecule is CC(=O)N1c2ccc(S(=O)(=O)N3CCC[C@H]3C(=O)Nc3ccc(C)cc3)cc2C[C@H]1C. The number of rotatable bonds is 4. The largest absolute Gasteiger partial charge is 0.325 e. The molecule has 2 aromatic rings. The second kappa shape index (κ2) is 8.09. The highest BCUT2D eigenvalue weighted by Gasteiger charge is 2.40. The number of hydrogen-bond donors (Lipinski definition) is 1. The summed E-state index contributed by atoms with van der Waals surface area (Å²) >= 11 is 0. The van der Waals surface area contributed by atoms with Gasteiger partial charge in [-0.05, 0) is 69.0 Å². The van der Waals surface area contributed by atoms with Crippen LogP contribution in [0.25, 0.3) is 0 Å². The number of nitrogens with zero attached hydrogens (tertiary/aromatic N) is 2. The Morgan fingerprint density at radius 2 is 1.81 bits per heavy atom. The minimum Gasteiger partial charge on any atom is -0.325 e. The standard InChI is InChI=1S/C23H27N3O4S/c1-15-6-8-19(9-7-15)24-23(28)22-5-4-12-25(22)31(29,30)20-10-11-21-18(14-20)13-16(2)26(21)17(3)27/h6-11,14,16,22H,4-5,12-13H2,1-3H3,(H,24,28)/t16-,22+/m1/s1. The number of hydrogen-bond acceptors (Lipinski definition) is 4. The highest BCUT2D eigenvalue weighted by molar-refractivity contribution is 7.89. The predicted molar refractivity (Wildman–Crippen MR) is 119 cm³/mol. The van der Waals surface area contributed by atoms with Crippen molar-refractivity contribution in [1.82, 2.24) is 4.31 Å². The molecule has 0 spiro atoms. The molecule has 2 aliphatic heterocycles. The minimum atomic E-state index is -3.84. The predicted octanol–water partition coefficient (Wildman–Crippen LogP) is 3.08. The molecule has 0 saturated carbocycles. The van der Waals surface area contributed by atoms with Crippen molar-refractivity contribution in [1.29, 1.82) is 0 Å². The molecular formula is C23H27N3O4S. The number of carbonyl (C=O) groups is 2. The van der Waals surface area contributed by atoms with Crippen LogP contribution in [0.4, 0.5) is 11.4 Å². The van der Waals surface area contributed by atoms with Gasteiger partial charge in [-0.3, -0.25) is 9.59 Å². The zero-order chi connectivity index (χ0) is 22.3. The molecule has 1 saturated heterocycles. The molecule has 2 amide bonds. The number of benzene rings is 2. The molecule has 7 nitrogen and oxygen atoms in total. The molecule has 1 N–H and O–H groups in total. The Balaban J connectivity index is 1.58. The third-order valence-electron chi connectivity index (χ3n) is 6.04. The van der Waals surface area contributed by atoms with Crippen LogP contribution in [-0.2, 0) is 26.0 Å². The highest BCUT2D eigenvalue weighted by atomic mass is 32.2. The number of carbonyl (C=O) groups excluding carboxylic acids is 2. The molecule has 0 aliphatic carbocycles.